The van der Waals surface area contributed by atoms with Crippen molar-refractivity contribution in [3.63, 3.8) is 0 Å². The van der Waals surface area contributed by atoms with Crippen molar-refractivity contribution >= 4 is 10.1 Å². The van der Waals surface area contributed by atoms with Crippen LogP contribution < -0.4 is 0 Å². The number of benzene rings is 2. The van der Waals surface area contributed by atoms with Gasteiger partial charge in [-0.3, -0.25) is 4.18 Å². The zero-order chi connectivity index (χ0) is 29.4. The Morgan fingerprint density at radius 1 is 0.634 bits per heavy atom. The van der Waals surface area contributed by atoms with Crippen molar-refractivity contribution in [1.29, 1.82) is 0 Å². The van der Waals surface area contributed by atoms with Gasteiger partial charge in [0.2, 0.25) is 0 Å². The summed E-state index contributed by atoms with van der Waals surface area (Å²) in [6, 6.07) is 16.8. The largest absolute Gasteiger partial charge is 0.381 e. The molecule has 0 aromatic heterocycles. The van der Waals surface area contributed by atoms with Gasteiger partial charge in [0.15, 0.2) is 0 Å². The van der Waals surface area contributed by atoms with E-state index >= 15 is 0 Å². The molecule has 0 saturated carbocycles. The maximum absolute atomic E-state index is 12.6. The highest BCUT2D eigenvalue weighted by Gasteiger charge is 2.17. The van der Waals surface area contributed by atoms with E-state index in [-0.39, 0.29) is 17.4 Å². The average molecular weight is 589 g/mol. The molecule has 0 aliphatic heterocycles. The molecule has 1 atom stereocenters. The fraction of sp³-hybridized carbons (Fsp3) is 0.657. The molecule has 0 fully saturated rings. The lowest BCUT2D eigenvalue weighted by Gasteiger charge is -2.18. The van der Waals surface area contributed by atoms with Crippen molar-refractivity contribution in [3.8, 4) is 0 Å². The number of aryl methyl sites for hydroxylation is 1. The van der Waals surface area contributed by atoms with Crippen molar-refractivity contribution in [2.75, 3.05) is 26.4 Å². The molecule has 0 spiro atoms. The van der Waals surface area contributed by atoms with E-state index in [9.17, 15) is 8.42 Å². The molecule has 2 aromatic carbocycles. The fourth-order valence-corrected chi connectivity index (χ4v) is 5.80. The van der Waals surface area contributed by atoms with Crippen LogP contribution in [0, 0.1) is 12.8 Å². The van der Waals surface area contributed by atoms with E-state index in [1.165, 1.54) is 83.5 Å². The summed E-state index contributed by atoms with van der Waals surface area (Å²) in [7, 11) is -3.77. The minimum absolute atomic E-state index is 0.0681. The molecule has 5 nitrogen and oxygen atoms in total. The Balaban J connectivity index is 1.58. The summed E-state index contributed by atoms with van der Waals surface area (Å²) in [5.74, 6) is 0.0681. The second-order valence-electron chi connectivity index (χ2n) is 11.4. The summed E-state index contributed by atoms with van der Waals surface area (Å²) < 4.78 is 42.4. The first-order valence-electron chi connectivity index (χ1n) is 16.2. The summed E-state index contributed by atoms with van der Waals surface area (Å²) in [6.07, 6.45) is 19.3. The van der Waals surface area contributed by atoms with Crippen LogP contribution in [0.25, 0.3) is 0 Å². The van der Waals surface area contributed by atoms with E-state index in [0.717, 1.165) is 24.2 Å². The van der Waals surface area contributed by atoms with E-state index < -0.39 is 10.1 Å². The maximum atomic E-state index is 12.6. The van der Waals surface area contributed by atoms with E-state index in [1.54, 1.807) is 24.3 Å². The minimum Gasteiger partial charge on any atom is -0.381 e. The predicted octanol–water partition coefficient (Wildman–Crippen LogP) is 9.42. The molecule has 2 rings (SSSR count). The van der Waals surface area contributed by atoms with E-state index in [0.29, 0.717) is 26.2 Å². The van der Waals surface area contributed by atoms with Crippen LogP contribution in [0.4, 0.5) is 0 Å². The number of hydrogen-bond acceptors (Lipinski definition) is 5. The summed E-state index contributed by atoms with van der Waals surface area (Å²) in [6.45, 7) is 6.61. The molecule has 6 heteroatoms. The third-order valence-corrected chi connectivity index (χ3v) is 8.86. The third-order valence-electron chi connectivity index (χ3n) is 7.54. The highest BCUT2D eigenvalue weighted by Crippen LogP contribution is 2.16. The molecule has 0 heterocycles. The minimum atomic E-state index is -3.77. The van der Waals surface area contributed by atoms with Crippen molar-refractivity contribution in [3.05, 3.63) is 65.7 Å². The number of ether oxygens (including phenoxy) is 2. The second-order valence-corrected chi connectivity index (χ2v) is 13.0. The van der Waals surface area contributed by atoms with Crippen LogP contribution in [0.1, 0.15) is 114 Å². The Morgan fingerprint density at radius 3 is 1.76 bits per heavy atom. The molecule has 0 saturated heterocycles. The summed E-state index contributed by atoms with van der Waals surface area (Å²) in [5, 5.41) is 0. The molecule has 1 unspecified atom stereocenters. The van der Waals surface area contributed by atoms with Crippen LogP contribution >= 0.6 is 0 Å². The van der Waals surface area contributed by atoms with E-state index in [4.69, 9.17) is 13.7 Å². The Kier molecular flexibility index (Phi) is 19.7. The lowest BCUT2D eigenvalue weighted by atomic mass is 10.0. The van der Waals surface area contributed by atoms with Crippen LogP contribution in [-0.4, -0.2) is 34.8 Å². The summed E-state index contributed by atoms with van der Waals surface area (Å²) in [5.41, 5.74) is 2.13. The Hall–Kier alpha value is -1.73. The number of rotatable bonds is 26. The van der Waals surface area contributed by atoms with Gasteiger partial charge in [-0.25, -0.2) is 0 Å². The molecule has 232 valence electrons. The van der Waals surface area contributed by atoms with Crippen LogP contribution in [0.5, 0.6) is 0 Å². The van der Waals surface area contributed by atoms with Gasteiger partial charge in [-0.05, 0) is 37.5 Å². The average Bonchev–Trinajstić information content (AvgIpc) is 2.97. The van der Waals surface area contributed by atoms with Crippen molar-refractivity contribution < 1.29 is 22.1 Å². The first-order chi connectivity index (χ1) is 20.0. The van der Waals surface area contributed by atoms with Crippen LogP contribution in [0.15, 0.2) is 59.5 Å². The molecule has 41 heavy (non-hydrogen) atoms. The molecule has 0 aliphatic carbocycles. The highest BCUT2D eigenvalue weighted by molar-refractivity contribution is 7.86. The van der Waals surface area contributed by atoms with Gasteiger partial charge < -0.3 is 9.47 Å². The standard InChI is InChI=1S/C35H56O5S/c1-3-4-5-6-7-8-9-10-11-12-13-14-15-19-27-38-30-34(31-39-29-33-20-17-16-18-21-33)26-28-40-41(36,37)35-24-22-32(2)23-25-35/h16-18,20-25,34H,3-15,19,26-31H2,1-2H3. The number of hydrogen-bond donors (Lipinski definition) is 0. The van der Waals surface area contributed by atoms with E-state index in [2.05, 4.69) is 6.92 Å². The van der Waals surface area contributed by atoms with Gasteiger partial charge in [0.1, 0.15) is 0 Å². The SMILES string of the molecule is CCCCCCCCCCCCCCCCOCC(CCOS(=O)(=O)c1ccc(C)cc1)COCc1ccccc1. The van der Waals surface area contributed by atoms with Crippen molar-refractivity contribution in [2.45, 2.75) is 122 Å². The molecule has 0 bridgehead atoms. The molecule has 0 radical (unpaired) electrons. The second kappa shape index (κ2) is 22.8. The predicted molar refractivity (Wildman–Crippen MR) is 170 cm³/mol. The van der Waals surface area contributed by atoms with Crippen LogP contribution in [-0.2, 0) is 30.4 Å². The maximum Gasteiger partial charge on any atom is 0.296 e. The Labute approximate surface area is 251 Å². The molecule has 0 N–H and O–H groups in total. The van der Waals surface area contributed by atoms with Gasteiger partial charge in [0.05, 0.1) is 31.3 Å². The quantitative estimate of drug-likeness (QED) is 0.0809. The molecular formula is C35H56O5S. The smallest absolute Gasteiger partial charge is 0.296 e. The van der Waals surface area contributed by atoms with Gasteiger partial charge in [0, 0.05) is 12.5 Å². The van der Waals surface area contributed by atoms with Gasteiger partial charge in [-0.1, -0.05) is 138 Å². The Morgan fingerprint density at radius 2 is 1.17 bits per heavy atom. The van der Waals surface area contributed by atoms with Crippen LogP contribution in [0.2, 0.25) is 0 Å². The molecule has 0 aliphatic rings. The fourth-order valence-electron chi connectivity index (χ4n) is 4.88. The van der Waals surface area contributed by atoms with E-state index in [1.807, 2.05) is 37.3 Å². The van der Waals surface area contributed by atoms with Gasteiger partial charge >= 0.3 is 0 Å². The summed E-state index contributed by atoms with van der Waals surface area (Å²) in [4.78, 5) is 0.189. The monoisotopic (exact) mass is 588 g/mol. The van der Waals surface area contributed by atoms with Crippen LogP contribution in [0.3, 0.4) is 0 Å². The normalized spacial score (nSPS) is 12.5. The first-order valence-corrected chi connectivity index (χ1v) is 17.6. The first kappa shape index (κ1) is 35.5. The molecule has 0 amide bonds. The van der Waals surface area contributed by atoms with Crippen molar-refractivity contribution in [2.24, 2.45) is 5.92 Å². The molecule has 2 aromatic rings. The van der Waals surface area contributed by atoms with Gasteiger partial charge in [-0.15, -0.1) is 0 Å². The molecular weight excluding hydrogens is 532 g/mol. The van der Waals surface area contributed by atoms with Gasteiger partial charge in [0.25, 0.3) is 10.1 Å². The lowest BCUT2D eigenvalue weighted by Crippen LogP contribution is -2.20. The highest BCUT2D eigenvalue weighted by atomic mass is 32.2. The lowest BCUT2D eigenvalue weighted by molar-refractivity contribution is 0.0242. The van der Waals surface area contributed by atoms with Crippen molar-refractivity contribution in [1.82, 2.24) is 0 Å². The summed E-state index contributed by atoms with van der Waals surface area (Å²) >= 11 is 0. The Bertz CT molecular complexity index is 975. The number of unbranched alkanes of at least 4 members (excludes halogenated alkanes) is 13. The zero-order valence-electron chi connectivity index (χ0n) is 25.9. The topological polar surface area (TPSA) is 61.8 Å². The third kappa shape index (κ3) is 17.7. The van der Waals surface area contributed by atoms with Gasteiger partial charge in [-0.2, -0.15) is 8.42 Å². The zero-order valence-corrected chi connectivity index (χ0v) is 26.7.